The van der Waals surface area contributed by atoms with Gasteiger partial charge in [-0.2, -0.15) is 5.10 Å². The smallest absolute Gasteiger partial charge is 0.262 e. The molecule has 0 aliphatic carbocycles. The average molecular weight is 563 g/mol. The minimum atomic E-state index is -0.937. The van der Waals surface area contributed by atoms with Crippen LogP contribution in [-0.2, 0) is 16.0 Å². The summed E-state index contributed by atoms with van der Waals surface area (Å²) in [7, 11) is 0. The van der Waals surface area contributed by atoms with Crippen LogP contribution in [0.25, 0.3) is 0 Å². The van der Waals surface area contributed by atoms with Crippen molar-refractivity contribution in [3.05, 3.63) is 92.9 Å². The number of ether oxygens (including phenoxy) is 2. The van der Waals surface area contributed by atoms with Crippen molar-refractivity contribution in [1.82, 2.24) is 10.7 Å². The van der Waals surface area contributed by atoms with E-state index in [4.69, 9.17) is 44.3 Å². The lowest BCUT2D eigenvalue weighted by molar-refractivity contribution is -0.132. The van der Waals surface area contributed by atoms with Gasteiger partial charge in [-0.05, 0) is 55.8 Å². The van der Waals surface area contributed by atoms with E-state index in [2.05, 4.69) is 15.8 Å². The molecule has 0 aliphatic heterocycles. The van der Waals surface area contributed by atoms with Crippen LogP contribution in [-0.4, -0.2) is 36.8 Å². The van der Waals surface area contributed by atoms with E-state index < -0.39 is 24.0 Å². The highest BCUT2D eigenvalue weighted by Gasteiger charge is 2.25. The van der Waals surface area contributed by atoms with Crippen LogP contribution < -0.4 is 20.2 Å². The maximum absolute atomic E-state index is 13.0. The molecule has 0 aromatic heterocycles. The minimum Gasteiger partial charge on any atom is -0.493 e. The highest BCUT2D eigenvalue weighted by molar-refractivity contribution is 6.35. The molecule has 0 aliphatic rings. The Morgan fingerprint density at radius 1 is 0.946 bits per heavy atom. The van der Waals surface area contributed by atoms with E-state index in [9.17, 15) is 9.59 Å². The van der Waals surface area contributed by atoms with Gasteiger partial charge in [-0.25, -0.2) is 5.43 Å². The standard InChI is InChI=1S/C27H26Cl3N3O4/c1-3-36-24-11-9-20(28)14-19(24)16-31-33-27(35)23(13-18-7-5-4-6-8-18)32-26(34)17(2)37-25-12-10-21(29)15-22(25)30/h4-12,14-17,23H,3,13H2,1-2H3,(H,32,34)(H,33,35)/b31-16-/t17-,23+/m0/s1. The third kappa shape index (κ3) is 8.67. The molecule has 0 saturated carbocycles. The van der Waals surface area contributed by atoms with E-state index in [1.165, 1.54) is 12.3 Å². The van der Waals surface area contributed by atoms with Crippen LogP contribution in [0.5, 0.6) is 11.5 Å². The summed E-state index contributed by atoms with van der Waals surface area (Å²) in [6.07, 6.45) is 0.738. The molecular formula is C27H26Cl3N3O4. The quantitative estimate of drug-likeness (QED) is 0.232. The molecule has 0 saturated heterocycles. The van der Waals surface area contributed by atoms with Crippen LogP contribution in [0.15, 0.2) is 71.8 Å². The molecule has 194 valence electrons. The number of rotatable bonds is 11. The molecule has 2 N–H and O–H groups in total. The van der Waals surface area contributed by atoms with Crippen LogP contribution >= 0.6 is 34.8 Å². The number of hydrogen-bond donors (Lipinski definition) is 2. The topological polar surface area (TPSA) is 89.0 Å². The third-order valence-corrected chi connectivity index (χ3v) is 5.90. The highest BCUT2D eigenvalue weighted by atomic mass is 35.5. The first-order valence-corrected chi connectivity index (χ1v) is 12.6. The Morgan fingerprint density at radius 3 is 2.30 bits per heavy atom. The van der Waals surface area contributed by atoms with Gasteiger partial charge >= 0.3 is 0 Å². The summed E-state index contributed by atoms with van der Waals surface area (Å²) in [5.74, 6) is -0.135. The van der Waals surface area contributed by atoms with Crippen molar-refractivity contribution < 1.29 is 19.1 Å². The summed E-state index contributed by atoms with van der Waals surface area (Å²) in [6.45, 7) is 3.88. The van der Waals surface area contributed by atoms with E-state index in [1.54, 1.807) is 37.3 Å². The molecule has 10 heteroatoms. The molecule has 2 atom stereocenters. The SMILES string of the molecule is CCOc1ccc(Cl)cc1/C=N\NC(=O)[C@@H](Cc1ccccc1)NC(=O)[C@H](C)Oc1ccc(Cl)cc1Cl. The molecule has 3 rings (SSSR count). The van der Waals surface area contributed by atoms with Gasteiger partial charge in [-0.3, -0.25) is 9.59 Å². The maximum Gasteiger partial charge on any atom is 0.262 e. The zero-order valence-corrected chi connectivity index (χ0v) is 22.5. The lowest BCUT2D eigenvalue weighted by Crippen LogP contribution is -2.50. The number of benzene rings is 3. The summed E-state index contributed by atoms with van der Waals surface area (Å²) in [6, 6.07) is 18.2. The second-order valence-corrected chi connectivity index (χ2v) is 9.22. The van der Waals surface area contributed by atoms with Crippen molar-refractivity contribution in [2.24, 2.45) is 5.10 Å². The second kappa shape index (κ2) is 13.9. The third-order valence-electron chi connectivity index (χ3n) is 5.13. The van der Waals surface area contributed by atoms with Gasteiger partial charge in [0.2, 0.25) is 0 Å². The van der Waals surface area contributed by atoms with Crippen LogP contribution in [0.4, 0.5) is 0 Å². The number of carbonyl (C=O) groups excluding carboxylic acids is 2. The van der Waals surface area contributed by atoms with E-state index in [0.717, 1.165) is 5.56 Å². The first-order valence-electron chi connectivity index (χ1n) is 11.5. The van der Waals surface area contributed by atoms with Gasteiger partial charge in [0.1, 0.15) is 17.5 Å². The van der Waals surface area contributed by atoms with E-state index in [1.807, 2.05) is 37.3 Å². The molecule has 7 nitrogen and oxygen atoms in total. The van der Waals surface area contributed by atoms with Crippen LogP contribution in [0.1, 0.15) is 25.0 Å². The Morgan fingerprint density at radius 2 is 1.62 bits per heavy atom. The molecule has 0 bridgehead atoms. The number of carbonyl (C=O) groups is 2. The summed E-state index contributed by atoms with van der Waals surface area (Å²) < 4.78 is 11.3. The predicted octanol–water partition coefficient (Wildman–Crippen LogP) is 5.69. The highest BCUT2D eigenvalue weighted by Crippen LogP contribution is 2.28. The van der Waals surface area contributed by atoms with Gasteiger partial charge in [0.25, 0.3) is 11.8 Å². The molecule has 2 amide bonds. The zero-order valence-electron chi connectivity index (χ0n) is 20.2. The lowest BCUT2D eigenvalue weighted by Gasteiger charge is -2.21. The van der Waals surface area contributed by atoms with E-state index in [0.29, 0.717) is 33.7 Å². The van der Waals surface area contributed by atoms with Crippen LogP contribution in [0, 0.1) is 0 Å². The molecule has 3 aromatic carbocycles. The van der Waals surface area contributed by atoms with Crippen molar-refractivity contribution in [3.63, 3.8) is 0 Å². The number of amides is 2. The number of halogens is 3. The summed E-state index contributed by atoms with van der Waals surface area (Å²) in [5.41, 5.74) is 3.94. The van der Waals surface area contributed by atoms with Gasteiger partial charge in [0, 0.05) is 22.0 Å². The van der Waals surface area contributed by atoms with Gasteiger partial charge < -0.3 is 14.8 Å². The number of nitrogens with zero attached hydrogens (tertiary/aromatic N) is 1. The van der Waals surface area contributed by atoms with Gasteiger partial charge in [-0.15, -0.1) is 0 Å². The Hall–Kier alpha value is -3.26. The van der Waals surface area contributed by atoms with Crippen LogP contribution in [0.2, 0.25) is 15.1 Å². The number of hydrazone groups is 1. The summed E-state index contributed by atoms with van der Waals surface area (Å²) in [4.78, 5) is 26.0. The molecule has 0 spiro atoms. The lowest BCUT2D eigenvalue weighted by atomic mass is 10.1. The second-order valence-electron chi connectivity index (χ2n) is 7.94. The largest absolute Gasteiger partial charge is 0.493 e. The van der Waals surface area contributed by atoms with Crippen molar-refractivity contribution in [2.75, 3.05) is 6.61 Å². The fourth-order valence-corrected chi connectivity index (χ4v) is 3.95. The van der Waals surface area contributed by atoms with Crippen LogP contribution in [0.3, 0.4) is 0 Å². The zero-order chi connectivity index (χ0) is 26.8. The number of hydrogen-bond acceptors (Lipinski definition) is 5. The molecular weight excluding hydrogens is 537 g/mol. The van der Waals surface area contributed by atoms with Gasteiger partial charge in [0.15, 0.2) is 6.10 Å². The van der Waals surface area contributed by atoms with Crippen molar-refractivity contribution in [2.45, 2.75) is 32.4 Å². The normalized spacial score (nSPS) is 12.6. The fraction of sp³-hybridized carbons (Fsp3) is 0.222. The minimum absolute atomic E-state index is 0.240. The molecule has 3 aromatic rings. The maximum atomic E-state index is 13.0. The number of nitrogens with one attached hydrogen (secondary N) is 2. The van der Waals surface area contributed by atoms with Crippen molar-refractivity contribution in [3.8, 4) is 11.5 Å². The Balaban J connectivity index is 1.72. The van der Waals surface area contributed by atoms with Gasteiger partial charge in [-0.1, -0.05) is 65.1 Å². The molecule has 0 fully saturated rings. The molecule has 0 radical (unpaired) electrons. The van der Waals surface area contributed by atoms with Gasteiger partial charge in [0.05, 0.1) is 17.8 Å². The van der Waals surface area contributed by atoms with Crippen molar-refractivity contribution in [1.29, 1.82) is 0 Å². The Bertz CT molecular complexity index is 1250. The monoisotopic (exact) mass is 561 g/mol. The van der Waals surface area contributed by atoms with E-state index in [-0.39, 0.29) is 11.4 Å². The first-order chi connectivity index (χ1) is 17.8. The fourth-order valence-electron chi connectivity index (χ4n) is 3.31. The molecule has 0 unspecified atom stereocenters. The summed E-state index contributed by atoms with van der Waals surface area (Å²) >= 11 is 18.2. The van der Waals surface area contributed by atoms with E-state index >= 15 is 0 Å². The Kier molecular flexibility index (Phi) is 10.6. The average Bonchev–Trinajstić information content (AvgIpc) is 2.87. The first kappa shape index (κ1) is 28.3. The van der Waals surface area contributed by atoms with Crippen molar-refractivity contribution >= 4 is 52.8 Å². The summed E-state index contributed by atoms with van der Waals surface area (Å²) in [5, 5.41) is 8.01. The molecule has 37 heavy (non-hydrogen) atoms. The Labute approximate surface area is 230 Å². The predicted molar refractivity (Wildman–Crippen MR) is 147 cm³/mol. The molecule has 0 heterocycles.